The van der Waals surface area contributed by atoms with E-state index < -0.39 is 0 Å². The molecule has 10 aromatic carbocycles. The van der Waals surface area contributed by atoms with Gasteiger partial charge in [0.25, 0.3) is 0 Å². The van der Waals surface area contributed by atoms with Gasteiger partial charge < -0.3 is 9.80 Å². The summed E-state index contributed by atoms with van der Waals surface area (Å²) in [7, 11) is 0. The Morgan fingerprint density at radius 2 is 0.727 bits per heavy atom. The molecule has 1 aromatic heterocycles. The molecule has 2 aliphatic rings. The topological polar surface area (TPSA) is 6.48 Å². The second-order valence-electron chi connectivity index (χ2n) is 14.4. The van der Waals surface area contributed by atoms with Gasteiger partial charge >= 0.3 is 0 Å². The highest BCUT2D eigenvalue weighted by atomic mass is 32.2. The summed E-state index contributed by atoms with van der Waals surface area (Å²) in [5.74, 6) is 0. The first-order valence-corrected chi connectivity index (χ1v) is 21.0. The second kappa shape index (κ2) is 11.3. The van der Waals surface area contributed by atoms with Crippen molar-refractivity contribution in [3.05, 3.63) is 170 Å². The molecule has 5 heteroatoms. The van der Waals surface area contributed by atoms with Crippen molar-refractivity contribution in [1.82, 2.24) is 0 Å². The summed E-state index contributed by atoms with van der Waals surface area (Å²) in [4.78, 5) is 10.1. The Labute approximate surface area is 329 Å². The van der Waals surface area contributed by atoms with Gasteiger partial charge in [0.05, 0.1) is 34.1 Å². The molecule has 0 N–H and O–H groups in total. The fraction of sp³-hybridized carbons (Fsp3) is 0. The Morgan fingerprint density at radius 3 is 1.33 bits per heavy atom. The van der Waals surface area contributed by atoms with Crippen LogP contribution in [0, 0.1) is 0 Å². The van der Waals surface area contributed by atoms with Crippen LogP contribution >= 0.6 is 34.9 Å². The van der Waals surface area contributed by atoms with Crippen molar-refractivity contribution >= 4 is 132 Å². The molecule has 0 radical (unpaired) electrons. The molecule has 0 saturated heterocycles. The highest BCUT2D eigenvalue weighted by Crippen LogP contribution is 2.57. The lowest BCUT2D eigenvalue weighted by Gasteiger charge is -2.34. The molecule has 11 aromatic rings. The summed E-state index contributed by atoms with van der Waals surface area (Å²) >= 11 is 5.63. The van der Waals surface area contributed by atoms with Crippen LogP contribution in [0.5, 0.6) is 0 Å². The second-order valence-corrected chi connectivity index (χ2v) is 17.7. The van der Waals surface area contributed by atoms with E-state index in [1.54, 1.807) is 0 Å². The lowest BCUT2D eigenvalue weighted by Crippen LogP contribution is -2.15. The van der Waals surface area contributed by atoms with E-state index in [1.807, 2.05) is 34.9 Å². The molecule has 0 atom stereocenters. The van der Waals surface area contributed by atoms with Crippen LogP contribution in [0.3, 0.4) is 0 Å². The summed E-state index contributed by atoms with van der Waals surface area (Å²) in [6.07, 6.45) is 0. The molecule has 3 heterocycles. The number of anilines is 6. The SMILES string of the molecule is c1ccc2c(c1)Sc1ccccc1N2c1ccc2c3cccc4c(N5c6ccccc6Sc6cc7c(cc65)sc5ccccc57)ccc(c5cccc1c25)c43. The van der Waals surface area contributed by atoms with Crippen LogP contribution in [-0.4, -0.2) is 0 Å². The van der Waals surface area contributed by atoms with Crippen molar-refractivity contribution in [3.63, 3.8) is 0 Å². The molecule has 0 bridgehead atoms. The van der Waals surface area contributed by atoms with Crippen molar-refractivity contribution in [3.8, 4) is 0 Å². The fourth-order valence-electron chi connectivity index (χ4n) is 9.27. The minimum Gasteiger partial charge on any atom is -0.308 e. The lowest BCUT2D eigenvalue weighted by molar-refractivity contribution is 1.17. The highest BCUT2D eigenvalue weighted by Gasteiger charge is 2.30. The van der Waals surface area contributed by atoms with Crippen molar-refractivity contribution in [1.29, 1.82) is 0 Å². The minimum atomic E-state index is 1.21. The van der Waals surface area contributed by atoms with Crippen molar-refractivity contribution in [2.24, 2.45) is 0 Å². The molecule has 0 spiro atoms. The maximum atomic E-state index is 2.52. The van der Waals surface area contributed by atoms with E-state index in [-0.39, 0.29) is 0 Å². The monoisotopic (exact) mass is 752 g/mol. The third-order valence-corrected chi connectivity index (χ3v) is 14.9. The van der Waals surface area contributed by atoms with E-state index in [0.29, 0.717) is 0 Å². The van der Waals surface area contributed by atoms with Gasteiger partial charge in [-0.05, 0) is 99.0 Å². The van der Waals surface area contributed by atoms with Crippen LogP contribution in [0.1, 0.15) is 0 Å². The zero-order chi connectivity index (χ0) is 35.8. The smallest absolute Gasteiger partial charge is 0.0616 e. The molecular weight excluding hydrogens is 725 g/mol. The number of hydrogen-bond acceptors (Lipinski definition) is 5. The summed E-state index contributed by atoms with van der Waals surface area (Å²) in [6, 6.07) is 63.4. The number of para-hydroxylation sites is 3. The van der Waals surface area contributed by atoms with Gasteiger partial charge in [0.15, 0.2) is 0 Å². The molecule has 0 fully saturated rings. The largest absolute Gasteiger partial charge is 0.308 e. The van der Waals surface area contributed by atoms with E-state index >= 15 is 0 Å². The maximum Gasteiger partial charge on any atom is 0.0616 e. The normalized spacial score (nSPS) is 13.6. The Morgan fingerprint density at radius 1 is 0.273 bits per heavy atom. The van der Waals surface area contributed by atoms with Gasteiger partial charge in [-0.15, -0.1) is 11.3 Å². The van der Waals surface area contributed by atoms with Gasteiger partial charge in [-0.1, -0.05) is 127 Å². The minimum absolute atomic E-state index is 1.21. The molecule has 0 unspecified atom stereocenters. The number of rotatable bonds is 2. The van der Waals surface area contributed by atoms with Gasteiger partial charge in [-0.2, -0.15) is 0 Å². The molecule has 256 valence electrons. The van der Waals surface area contributed by atoms with Crippen molar-refractivity contribution < 1.29 is 0 Å². The van der Waals surface area contributed by atoms with Crippen LogP contribution in [-0.2, 0) is 0 Å². The summed E-state index contributed by atoms with van der Waals surface area (Å²) in [6.45, 7) is 0. The van der Waals surface area contributed by atoms with Gasteiger partial charge in [0, 0.05) is 50.5 Å². The number of thiophene rings is 1. The molecule has 0 amide bonds. The van der Waals surface area contributed by atoms with Crippen LogP contribution in [0.25, 0.3) is 63.3 Å². The number of nitrogens with zero attached hydrogens (tertiary/aromatic N) is 2. The third kappa shape index (κ3) is 4.18. The molecule has 0 aliphatic carbocycles. The number of hydrogen-bond donors (Lipinski definition) is 0. The van der Waals surface area contributed by atoms with Crippen molar-refractivity contribution in [2.45, 2.75) is 19.6 Å². The highest BCUT2D eigenvalue weighted by molar-refractivity contribution is 8.00. The van der Waals surface area contributed by atoms with Crippen LogP contribution in [0.15, 0.2) is 189 Å². The zero-order valence-electron chi connectivity index (χ0n) is 29.3. The summed E-state index contributed by atoms with van der Waals surface area (Å²) in [5, 5.41) is 13.0. The van der Waals surface area contributed by atoms with Gasteiger partial charge in [0.2, 0.25) is 0 Å². The van der Waals surface area contributed by atoms with E-state index in [1.165, 1.54) is 117 Å². The van der Waals surface area contributed by atoms with Gasteiger partial charge in [-0.3, -0.25) is 0 Å². The van der Waals surface area contributed by atoms with Gasteiger partial charge in [-0.25, -0.2) is 0 Å². The molecule has 13 rings (SSSR count). The Hall–Kier alpha value is -5.98. The van der Waals surface area contributed by atoms with Crippen molar-refractivity contribution in [2.75, 3.05) is 9.80 Å². The first-order chi connectivity index (χ1) is 27.3. The molecular formula is C50H28N2S3. The third-order valence-electron chi connectivity index (χ3n) is 11.6. The zero-order valence-corrected chi connectivity index (χ0v) is 31.7. The average Bonchev–Trinajstić information content (AvgIpc) is 3.60. The van der Waals surface area contributed by atoms with Crippen LogP contribution < -0.4 is 9.80 Å². The summed E-state index contributed by atoms with van der Waals surface area (Å²) < 4.78 is 2.65. The molecule has 0 saturated carbocycles. The average molecular weight is 753 g/mol. The van der Waals surface area contributed by atoms with Crippen LogP contribution in [0.2, 0.25) is 0 Å². The maximum absolute atomic E-state index is 2.52. The predicted molar refractivity (Wildman–Crippen MR) is 238 cm³/mol. The predicted octanol–water partition coefficient (Wildman–Crippen LogP) is 16.0. The lowest BCUT2D eigenvalue weighted by atomic mass is 9.88. The number of fused-ring (bicyclic) bond motifs is 9. The Bertz CT molecular complexity index is 3350. The van der Waals surface area contributed by atoms with E-state index in [2.05, 4.69) is 180 Å². The van der Waals surface area contributed by atoms with E-state index in [4.69, 9.17) is 0 Å². The standard InChI is InChI=1S/C50H28N2S3/c1-5-19-43-29(11-1)36-27-48-42(28-47(36)53-43)52(41-18-4-8-22-46(41)55-48)38-26-24-33-30-12-9-14-34-37(25-23-32(49(30)34)31-13-10-15-35(38)50(31)33)51-39-16-2-6-20-44(39)54-45-21-7-3-17-40(45)51/h1-28H. The Kier molecular flexibility index (Phi) is 6.23. The molecule has 2 nitrogen and oxygen atoms in total. The summed E-state index contributed by atoms with van der Waals surface area (Å²) in [5.41, 5.74) is 7.34. The van der Waals surface area contributed by atoms with E-state index in [0.717, 1.165) is 0 Å². The number of benzene rings is 10. The first-order valence-electron chi connectivity index (χ1n) is 18.6. The van der Waals surface area contributed by atoms with Gasteiger partial charge in [0.1, 0.15) is 0 Å². The van der Waals surface area contributed by atoms with Crippen LogP contribution in [0.4, 0.5) is 34.1 Å². The molecule has 55 heavy (non-hydrogen) atoms. The first kappa shape index (κ1) is 30.4. The quantitative estimate of drug-likeness (QED) is 0.128. The Balaban J connectivity index is 1.07. The molecule has 2 aliphatic heterocycles. The fourth-order valence-corrected chi connectivity index (χ4v) is 12.5. The van der Waals surface area contributed by atoms with E-state index in [9.17, 15) is 0 Å².